The van der Waals surface area contributed by atoms with Gasteiger partial charge in [-0.3, -0.25) is 4.79 Å². The summed E-state index contributed by atoms with van der Waals surface area (Å²) < 4.78 is -0.0823. The van der Waals surface area contributed by atoms with Gasteiger partial charge in [-0.25, -0.2) is 0 Å². The highest BCUT2D eigenvalue weighted by atomic mass is 127. The Morgan fingerprint density at radius 2 is 1.95 bits per heavy atom. The standard InChI is InChI=1S/C16H27BINO/c1-12(2)19-14-7-5-3-4-6-10-16(17,18)11-13(14)8-9-15(19)20/h12-14H,3-11H2,1-2H3. The summed E-state index contributed by atoms with van der Waals surface area (Å²) in [6, 6.07) is 0.742. The molecule has 2 rings (SSSR count). The Hall–Kier alpha value is 0.265. The first-order chi connectivity index (χ1) is 9.41. The number of nitrogens with zero attached hydrogens (tertiary/aromatic N) is 1. The van der Waals surface area contributed by atoms with Gasteiger partial charge in [0.05, 0.1) is 7.85 Å². The summed E-state index contributed by atoms with van der Waals surface area (Å²) >= 11 is 2.46. The van der Waals surface area contributed by atoms with Crippen molar-refractivity contribution < 1.29 is 4.79 Å². The van der Waals surface area contributed by atoms with Crippen LogP contribution in [0.2, 0.25) is 0 Å². The largest absolute Gasteiger partial charge is 0.337 e. The predicted molar refractivity (Wildman–Crippen MR) is 93.3 cm³/mol. The van der Waals surface area contributed by atoms with E-state index in [0.29, 0.717) is 30.3 Å². The van der Waals surface area contributed by atoms with Crippen molar-refractivity contribution in [2.45, 2.75) is 87.0 Å². The molecule has 0 aromatic rings. The molecular weight excluding hydrogens is 360 g/mol. The smallest absolute Gasteiger partial charge is 0.223 e. The van der Waals surface area contributed by atoms with Crippen molar-refractivity contribution in [2.75, 3.05) is 0 Å². The molecule has 2 fully saturated rings. The van der Waals surface area contributed by atoms with Gasteiger partial charge in [0.25, 0.3) is 0 Å². The van der Waals surface area contributed by atoms with Crippen molar-refractivity contribution in [3.8, 4) is 0 Å². The molecule has 2 aliphatic rings. The summed E-state index contributed by atoms with van der Waals surface area (Å²) in [5.41, 5.74) is 0. The fourth-order valence-corrected chi connectivity index (χ4v) is 4.94. The number of likely N-dealkylation sites (tertiary alicyclic amines) is 1. The minimum atomic E-state index is -0.0823. The molecule has 1 heterocycles. The summed E-state index contributed by atoms with van der Waals surface area (Å²) in [5.74, 6) is 0.949. The summed E-state index contributed by atoms with van der Waals surface area (Å²) in [6.07, 6.45) is 10.2. The normalized spacial score (nSPS) is 36.8. The van der Waals surface area contributed by atoms with Gasteiger partial charge in [-0.15, -0.1) is 0 Å². The first-order valence-electron chi connectivity index (χ1n) is 8.20. The maximum absolute atomic E-state index is 12.3. The first kappa shape index (κ1) is 16.6. The van der Waals surface area contributed by atoms with Crippen LogP contribution < -0.4 is 0 Å². The van der Waals surface area contributed by atoms with Crippen molar-refractivity contribution in [2.24, 2.45) is 5.92 Å². The molecule has 1 amide bonds. The summed E-state index contributed by atoms with van der Waals surface area (Å²) in [4.78, 5) is 14.5. The second-order valence-electron chi connectivity index (χ2n) is 6.95. The summed E-state index contributed by atoms with van der Waals surface area (Å²) in [7, 11) is 6.51. The Bertz CT molecular complexity index is 345. The fraction of sp³-hybridized carbons (Fsp3) is 0.938. The molecule has 1 saturated carbocycles. The third-order valence-corrected chi connectivity index (χ3v) is 5.90. The van der Waals surface area contributed by atoms with Crippen LogP contribution in [-0.2, 0) is 4.79 Å². The number of piperidine rings is 1. The molecule has 3 unspecified atom stereocenters. The molecule has 0 spiro atoms. The van der Waals surface area contributed by atoms with Crippen molar-refractivity contribution in [3.05, 3.63) is 0 Å². The van der Waals surface area contributed by atoms with E-state index in [-0.39, 0.29) is 3.32 Å². The Kier molecular flexibility index (Phi) is 5.84. The van der Waals surface area contributed by atoms with E-state index in [1.807, 2.05) is 0 Å². The van der Waals surface area contributed by atoms with Gasteiger partial charge < -0.3 is 4.90 Å². The molecule has 1 saturated heterocycles. The van der Waals surface area contributed by atoms with Gasteiger partial charge in [0.2, 0.25) is 5.91 Å². The van der Waals surface area contributed by atoms with Crippen LogP contribution >= 0.6 is 22.6 Å². The van der Waals surface area contributed by atoms with Gasteiger partial charge in [-0.1, -0.05) is 48.3 Å². The molecule has 2 nitrogen and oxygen atoms in total. The van der Waals surface area contributed by atoms with Crippen LogP contribution in [0.25, 0.3) is 0 Å². The molecular formula is C16H27BINO. The number of amides is 1. The zero-order chi connectivity index (χ0) is 14.8. The number of alkyl halides is 1. The highest BCUT2D eigenvalue weighted by Gasteiger charge is 2.39. The number of fused-ring (bicyclic) bond motifs is 1. The van der Waals surface area contributed by atoms with Crippen LogP contribution in [0.15, 0.2) is 0 Å². The Morgan fingerprint density at radius 1 is 1.25 bits per heavy atom. The van der Waals surface area contributed by atoms with Gasteiger partial charge >= 0.3 is 0 Å². The second kappa shape index (κ2) is 7.02. The lowest BCUT2D eigenvalue weighted by Crippen LogP contribution is -2.53. The van der Waals surface area contributed by atoms with Gasteiger partial charge in [0.15, 0.2) is 0 Å². The average Bonchev–Trinajstić information content (AvgIpc) is 2.35. The van der Waals surface area contributed by atoms with Crippen molar-refractivity contribution in [1.29, 1.82) is 0 Å². The van der Waals surface area contributed by atoms with Gasteiger partial charge in [0.1, 0.15) is 0 Å². The maximum Gasteiger partial charge on any atom is 0.223 e. The minimum absolute atomic E-state index is 0.0823. The van der Waals surface area contributed by atoms with E-state index in [4.69, 9.17) is 7.85 Å². The Labute approximate surface area is 139 Å². The van der Waals surface area contributed by atoms with E-state index in [9.17, 15) is 4.79 Å². The highest BCUT2D eigenvalue weighted by molar-refractivity contribution is 14.1. The topological polar surface area (TPSA) is 20.3 Å². The predicted octanol–water partition coefficient (Wildman–Crippen LogP) is 4.05. The van der Waals surface area contributed by atoms with Crippen LogP contribution in [0.4, 0.5) is 0 Å². The molecule has 0 bridgehead atoms. The van der Waals surface area contributed by atoms with Crippen molar-refractivity contribution in [3.63, 3.8) is 0 Å². The number of hydrogen-bond donors (Lipinski definition) is 0. The number of rotatable bonds is 1. The number of halogens is 1. The average molecular weight is 387 g/mol. The monoisotopic (exact) mass is 387 g/mol. The summed E-state index contributed by atoms with van der Waals surface area (Å²) in [5, 5.41) is 0. The first-order valence-corrected chi connectivity index (χ1v) is 9.27. The van der Waals surface area contributed by atoms with Crippen molar-refractivity contribution in [1.82, 2.24) is 4.90 Å². The third-order valence-electron chi connectivity index (χ3n) is 4.92. The van der Waals surface area contributed by atoms with Crippen LogP contribution in [0, 0.1) is 5.92 Å². The fourth-order valence-electron chi connectivity index (χ4n) is 3.99. The van der Waals surface area contributed by atoms with Gasteiger partial charge in [-0.05, 0) is 48.8 Å². The van der Waals surface area contributed by atoms with E-state index in [1.54, 1.807) is 0 Å². The molecule has 4 heteroatoms. The van der Waals surface area contributed by atoms with E-state index in [1.165, 1.54) is 32.1 Å². The second-order valence-corrected chi connectivity index (χ2v) is 9.10. The van der Waals surface area contributed by atoms with Crippen LogP contribution in [0.3, 0.4) is 0 Å². The highest BCUT2D eigenvalue weighted by Crippen LogP contribution is 2.39. The minimum Gasteiger partial charge on any atom is -0.337 e. The SMILES string of the molecule is [B]C1(I)CCCCCCC2C(CCC(=O)N2C(C)C)C1. The molecule has 0 aromatic carbocycles. The van der Waals surface area contributed by atoms with Crippen LogP contribution in [-0.4, -0.2) is 34.1 Å². The van der Waals surface area contributed by atoms with E-state index < -0.39 is 0 Å². The number of carbonyl (C=O) groups is 1. The number of hydrogen-bond acceptors (Lipinski definition) is 1. The molecule has 1 aliphatic carbocycles. The summed E-state index contributed by atoms with van der Waals surface area (Å²) in [6.45, 7) is 4.30. The zero-order valence-electron chi connectivity index (χ0n) is 12.9. The third kappa shape index (κ3) is 4.14. The molecule has 3 atom stereocenters. The lowest BCUT2D eigenvalue weighted by atomic mass is 9.70. The van der Waals surface area contributed by atoms with E-state index in [2.05, 4.69) is 41.3 Å². The lowest BCUT2D eigenvalue weighted by molar-refractivity contribution is -0.141. The molecule has 112 valence electrons. The Balaban J connectivity index is 2.18. The van der Waals surface area contributed by atoms with E-state index in [0.717, 1.165) is 19.3 Å². The zero-order valence-corrected chi connectivity index (χ0v) is 15.1. The van der Waals surface area contributed by atoms with Crippen molar-refractivity contribution >= 4 is 36.3 Å². The number of carbonyl (C=O) groups excluding carboxylic acids is 1. The Morgan fingerprint density at radius 3 is 2.65 bits per heavy atom. The van der Waals surface area contributed by atoms with Gasteiger partial charge in [-0.2, -0.15) is 0 Å². The molecule has 0 N–H and O–H groups in total. The van der Waals surface area contributed by atoms with Crippen LogP contribution in [0.1, 0.15) is 71.6 Å². The van der Waals surface area contributed by atoms with E-state index >= 15 is 0 Å². The molecule has 1 aliphatic heterocycles. The lowest BCUT2D eigenvalue weighted by Gasteiger charge is -2.46. The van der Waals surface area contributed by atoms with Crippen LogP contribution in [0.5, 0.6) is 0 Å². The molecule has 20 heavy (non-hydrogen) atoms. The quantitative estimate of drug-likeness (QED) is 0.378. The molecule has 2 radical (unpaired) electrons. The van der Waals surface area contributed by atoms with Gasteiger partial charge in [0, 0.05) is 18.5 Å². The molecule has 0 aromatic heterocycles. The maximum atomic E-state index is 12.3.